The zero-order chi connectivity index (χ0) is 72.4. The molecule has 0 heterocycles. The molecule has 0 rings (SSSR count). The van der Waals surface area contributed by atoms with Crippen LogP contribution in [0.1, 0.15) is 402 Å². The zero-order valence-electron chi connectivity index (χ0n) is 64.4. The Bertz CT molecular complexity index is 1920. The minimum atomic E-state index is -4.96. The van der Waals surface area contributed by atoms with Crippen molar-refractivity contribution in [1.82, 2.24) is 0 Å². The second-order valence-corrected chi connectivity index (χ2v) is 32.8. The van der Waals surface area contributed by atoms with Gasteiger partial charge < -0.3 is 33.8 Å². The molecule has 0 aromatic rings. The van der Waals surface area contributed by atoms with Crippen LogP contribution in [0.3, 0.4) is 0 Å². The lowest BCUT2D eigenvalue weighted by Crippen LogP contribution is -2.30. The van der Waals surface area contributed by atoms with E-state index in [9.17, 15) is 43.2 Å². The van der Waals surface area contributed by atoms with Crippen molar-refractivity contribution in [2.75, 3.05) is 39.6 Å². The molecule has 0 aromatic heterocycles. The lowest BCUT2D eigenvalue weighted by molar-refractivity contribution is -0.161. The van der Waals surface area contributed by atoms with Crippen LogP contribution in [-0.2, 0) is 65.4 Å². The lowest BCUT2D eigenvalue weighted by Gasteiger charge is -2.21. The van der Waals surface area contributed by atoms with Gasteiger partial charge in [-0.15, -0.1) is 0 Å². The average molecular weight is 1440 g/mol. The molecule has 7 atom stereocenters. The number of ether oxygens (including phenoxy) is 4. The third-order valence-corrected chi connectivity index (χ3v) is 20.9. The third kappa shape index (κ3) is 69.8. The Morgan fingerprint density at radius 1 is 0.286 bits per heavy atom. The van der Waals surface area contributed by atoms with Gasteiger partial charge in [-0.2, -0.15) is 0 Å². The molecule has 0 saturated carbocycles. The maximum atomic E-state index is 13.1. The molecular formula is C79H154O17P2. The van der Waals surface area contributed by atoms with Gasteiger partial charge in [0.15, 0.2) is 12.2 Å². The fourth-order valence-electron chi connectivity index (χ4n) is 12.0. The molecule has 19 heteroatoms. The van der Waals surface area contributed by atoms with Crippen LogP contribution < -0.4 is 0 Å². The number of aliphatic hydroxyl groups is 1. The highest BCUT2D eigenvalue weighted by Gasteiger charge is 2.30. The first kappa shape index (κ1) is 96.1. The van der Waals surface area contributed by atoms with Crippen molar-refractivity contribution in [2.24, 2.45) is 23.7 Å². The van der Waals surface area contributed by atoms with Crippen molar-refractivity contribution in [3.63, 3.8) is 0 Å². The van der Waals surface area contributed by atoms with Crippen LogP contribution in [0.4, 0.5) is 0 Å². The summed E-state index contributed by atoms with van der Waals surface area (Å²) in [5, 5.41) is 10.6. The van der Waals surface area contributed by atoms with Gasteiger partial charge in [-0.05, 0) is 49.4 Å². The molecule has 0 aliphatic carbocycles. The molecule has 0 aromatic carbocycles. The number of aliphatic hydroxyl groups excluding tert-OH is 1. The SMILES string of the molecule is CCC(C)CCCCCCCCCCCCCCCCCCCCC(=O)O[C@H](COC(=O)CCCCCCCCCCCCC(C)C)COP(=O)(O)OCC(O)COP(=O)(O)OC[C@@H](COC(=O)CCCCCCCCCCC(C)C)OC(=O)CCCCCCCCCCC(C)CC. The van der Waals surface area contributed by atoms with E-state index in [0.717, 1.165) is 114 Å². The molecule has 0 aliphatic heterocycles. The number of phosphoric ester groups is 2. The third-order valence-electron chi connectivity index (χ3n) is 19.0. The van der Waals surface area contributed by atoms with Crippen LogP contribution in [0.5, 0.6) is 0 Å². The number of esters is 4. The van der Waals surface area contributed by atoms with Gasteiger partial charge in [0.05, 0.1) is 26.4 Å². The first-order chi connectivity index (χ1) is 47.2. The van der Waals surface area contributed by atoms with Gasteiger partial charge in [0.25, 0.3) is 0 Å². The topological polar surface area (TPSA) is 237 Å². The Morgan fingerprint density at radius 2 is 0.490 bits per heavy atom. The molecule has 0 aliphatic rings. The predicted octanol–water partition coefficient (Wildman–Crippen LogP) is 23.2. The molecule has 0 amide bonds. The summed E-state index contributed by atoms with van der Waals surface area (Å²) in [4.78, 5) is 72.9. The number of carbonyl (C=O) groups is 4. The Hall–Kier alpha value is -1.94. The van der Waals surface area contributed by atoms with E-state index in [2.05, 4.69) is 55.4 Å². The quantitative estimate of drug-likeness (QED) is 0.0222. The molecular weight excluding hydrogens is 1280 g/mol. The fourth-order valence-corrected chi connectivity index (χ4v) is 13.6. The summed E-state index contributed by atoms with van der Waals surface area (Å²) in [5.41, 5.74) is 0. The van der Waals surface area contributed by atoms with Gasteiger partial charge in [-0.25, -0.2) is 9.13 Å². The Labute approximate surface area is 600 Å². The van der Waals surface area contributed by atoms with Crippen LogP contribution in [0.15, 0.2) is 0 Å². The number of unbranched alkanes of at least 4 members (excludes halogenated alkanes) is 40. The largest absolute Gasteiger partial charge is 0.472 e. The maximum absolute atomic E-state index is 13.1. The van der Waals surface area contributed by atoms with Crippen molar-refractivity contribution < 1.29 is 80.2 Å². The van der Waals surface area contributed by atoms with Crippen molar-refractivity contribution in [1.29, 1.82) is 0 Å². The standard InChI is InChI=1S/C79H154O17P2/c1-9-71(7)57-49-41-33-24-19-17-15-13-11-12-14-16-18-20-26-37-45-53-61-78(83)95-74(65-89-76(81)59-51-43-35-25-22-21-23-31-39-47-55-69(3)4)67-93-97(85,86)91-63-73(80)64-92-98(87,88)94-68-75(66-90-77(82)60-52-44-36-29-27-32-40-48-56-70(5)6)96-79(84)62-54-46-38-30-28-34-42-50-58-72(8)10-2/h69-75,80H,9-68H2,1-8H3,(H,85,86)(H,87,88)/t71?,72?,73?,74-,75-/m1/s1. The minimum Gasteiger partial charge on any atom is -0.462 e. The molecule has 0 spiro atoms. The monoisotopic (exact) mass is 1440 g/mol. The van der Waals surface area contributed by atoms with Crippen molar-refractivity contribution in [2.45, 2.75) is 420 Å². The van der Waals surface area contributed by atoms with Gasteiger partial charge in [0.1, 0.15) is 19.3 Å². The lowest BCUT2D eigenvalue weighted by atomic mass is 9.99. The molecule has 3 N–H and O–H groups in total. The molecule has 0 bridgehead atoms. The Kier molecular flexibility index (Phi) is 66.8. The molecule has 582 valence electrons. The molecule has 0 fully saturated rings. The Morgan fingerprint density at radius 3 is 0.724 bits per heavy atom. The number of hydrogen-bond donors (Lipinski definition) is 3. The van der Waals surface area contributed by atoms with Crippen molar-refractivity contribution in [3.05, 3.63) is 0 Å². The second kappa shape index (κ2) is 68.2. The van der Waals surface area contributed by atoms with Crippen molar-refractivity contribution in [3.8, 4) is 0 Å². The zero-order valence-corrected chi connectivity index (χ0v) is 66.2. The summed E-state index contributed by atoms with van der Waals surface area (Å²) in [7, 11) is -9.92. The average Bonchev–Trinajstić information content (AvgIpc) is 1.54. The van der Waals surface area contributed by atoms with E-state index in [4.69, 9.17) is 37.0 Å². The van der Waals surface area contributed by atoms with Gasteiger partial charge in [-0.1, -0.05) is 351 Å². The number of hydrogen-bond acceptors (Lipinski definition) is 15. The predicted molar refractivity (Wildman–Crippen MR) is 400 cm³/mol. The van der Waals surface area contributed by atoms with E-state index in [1.165, 1.54) is 205 Å². The molecule has 5 unspecified atom stereocenters. The maximum Gasteiger partial charge on any atom is 0.472 e. The fraction of sp³-hybridized carbons (Fsp3) is 0.949. The van der Waals surface area contributed by atoms with Crippen LogP contribution in [0, 0.1) is 23.7 Å². The van der Waals surface area contributed by atoms with Crippen LogP contribution in [0.25, 0.3) is 0 Å². The van der Waals surface area contributed by atoms with Gasteiger partial charge in [-0.3, -0.25) is 37.3 Å². The van der Waals surface area contributed by atoms with Crippen LogP contribution >= 0.6 is 15.6 Å². The van der Waals surface area contributed by atoms with E-state index >= 15 is 0 Å². The summed E-state index contributed by atoms with van der Waals surface area (Å²) in [5.74, 6) is 1.01. The summed E-state index contributed by atoms with van der Waals surface area (Å²) >= 11 is 0. The normalized spacial score (nSPS) is 14.6. The highest BCUT2D eigenvalue weighted by atomic mass is 31.2. The highest BCUT2D eigenvalue weighted by Crippen LogP contribution is 2.45. The second-order valence-electron chi connectivity index (χ2n) is 29.9. The first-order valence-electron chi connectivity index (χ1n) is 40.8. The van der Waals surface area contributed by atoms with E-state index in [0.29, 0.717) is 25.7 Å². The molecule has 98 heavy (non-hydrogen) atoms. The van der Waals surface area contributed by atoms with E-state index < -0.39 is 97.5 Å². The van der Waals surface area contributed by atoms with Crippen LogP contribution in [0.2, 0.25) is 0 Å². The van der Waals surface area contributed by atoms with Gasteiger partial charge in [0.2, 0.25) is 0 Å². The van der Waals surface area contributed by atoms with Crippen molar-refractivity contribution >= 4 is 39.5 Å². The molecule has 0 saturated heterocycles. The number of carbonyl (C=O) groups excluding carboxylic acids is 4. The van der Waals surface area contributed by atoms with Gasteiger partial charge in [0, 0.05) is 25.7 Å². The van der Waals surface area contributed by atoms with E-state index in [-0.39, 0.29) is 25.7 Å². The number of rotatable bonds is 76. The minimum absolute atomic E-state index is 0.104. The summed E-state index contributed by atoms with van der Waals surface area (Å²) in [6.45, 7) is 14.2. The van der Waals surface area contributed by atoms with E-state index in [1.807, 2.05) is 0 Å². The van der Waals surface area contributed by atoms with E-state index in [1.54, 1.807) is 0 Å². The van der Waals surface area contributed by atoms with Gasteiger partial charge >= 0.3 is 39.5 Å². The summed E-state index contributed by atoms with van der Waals surface area (Å²) < 4.78 is 68.6. The summed E-state index contributed by atoms with van der Waals surface area (Å²) in [6, 6.07) is 0. The van der Waals surface area contributed by atoms with Crippen LogP contribution in [-0.4, -0.2) is 96.7 Å². The molecule has 0 radical (unpaired) electrons. The highest BCUT2D eigenvalue weighted by molar-refractivity contribution is 7.47. The smallest absolute Gasteiger partial charge is 0.462 e. The number of phosphoric acid groups is 2. The summed E-state index contributed by atoms with van der Waals surface area (Å²) in [6.07, 6.45) is 54.2. The first-order valence-corrected chi connectivity index (χ1v) is 43.8. The molecule has 17 nitrogen and oxygen atoms in total. The Balaban J connectivity index is 5.21.